The van der Waals surface area contributed by atoms with Crippen molar-refractivity contribution in [2.75, 3.05) is 57.0 Å². The van der Waals surface area contributed by atoms with E-state index in [1.807, 2.05) is 130 Å². The third kappa shape index (κ3) is 6.90. The van der Waals surface area contributed by atoms with Crippen LogP contribution in [0.2, 0.25) is 0 Å². The Bertz CT molecular complexity index is 1060. The van der Waals surface area contributed by atoms with Gasteiger partial charge in [-0.25, -0.2) is 13.7 Å². The number of aromatic nitrogens is 6. The van der Waals surface area contributed by atoms with Crippen LogP contribution in [0, 0.1) is 0 Å². The minimum Gasteiger partial charge on any atom is -1.00 e. The summed E-state index contributed by atoms with van der Waals surface area (Å²) in [6.45, 7) is 0. The molecule has 0 amide bonds. The van der Waals surface area contributed by atoms with E-state index in [1.165, 1.54) is 0 Å². The number of rotatable bonds is 6. The Hall–Kier alpha value is -3.27. The van der Waals surface area contributed by atoms with Crippen LogP contribution in [-0.2, 0) is 0 Å². The molecule has 0 atom stereocenters. The highest BCUT2D eigenvalue weighted by atomic mass is 35.5. The van der Waals surface area contributed by atoms with Crippen LogP contribution >= 0.6 is 0 Å². The van der Waals surface area contributed by atoms with Crippen molar-refractivity contribution in [3.8, 4) is 17.8 Å². The van der Waals surface area contributed by atoms with Crippen molar-refractivity contribution in [2.24, 2.45) is 0 Å². The van der Waals surface area contributed by atoms with Gasteiger partial charge in [-0.3, -0.25) is 0 Å². The molecule has 0 aliphatic carbocycles. The Morgan fingerprint density at radius 1 is 0.417 bits per heavy atom. The molecule has 0 saturated carbocycles. The second kappa shape index (κ2) is 13.2. The summed E-state index contributed by atoms with van der Waals surface area (Å²) in [5.74, 6) is 1.61. The maximum absolute atomic E-state index is 4.75. The predicted octanol–water partition coefficient (Wildman–Crippen LogP) is -8.09. The molecule has 0 radical (unpaired) electrons. The molecule has 0 aliphatic rings. The van der Waals surface area contributed by atoms with Gasteiger partial charge < -0.3 is 51.9 Å². The first-order valence-electron chi connectivity index (χ1n) is 10.6. The first-order chi connectivity index (χ1) is 15.8. The Morgan fingerprint density at radius 3 is 0.778 bits per heavy atom. The lowest BCUT2D eigenvalue weighted by Crippen LogP contribution is -3.00. The van der Waals surface area contributed by atoms with Gasteiger partial charge in [0.2, 0.25) is 0 Å². The van der Waals surface area contributed by atoms with Gasteiger partial charge in [0.25, 0.3) is 0 Å². The van der Waals surface area contributed by atoms with Crippen molar-refractivity contribution in [3.63, 3.8) is 0 Å². The molecular weight excluding hydrogens is 521 g/mol. The van der Waals surface area contributed by atoms with Crippen molar-refractivity contribution in [2.45, 2.75) is 0 Å². The van der Waals surface area contributed by atoms with E-state index in [2.05, 4.69) is 14.7 Å². The molecule has 0 aromatic carbocycles. The van der Waals surface area contributed by atoms with Crippen LogP contribution < -0.4 is 65.6 Å². The van der Waals surface area contributed by atoms with Crippen molar-refractivity contribution >= 4 is 17.1 Å². The van der Waals surface area contributed by atoms with Gasteiger partial charge in [-0.1, -0.05) is 0 Å². The second-order valence-electron chi connectivity index (χ2n) is 8.31. The Morgan fingerprint density at radius 2 is 0.611 bits per heavy atom. The van der Waals surface area contributed by atoms with Gasteiger partial charge in [0.1, 0.15) is 0 Å². The molecule has 0 unspecified atom stereocenters. The summed E-state index contributed by atoms with van der Waals surface area (Å²) in [5.41, 5.74) is 3.30. The molecule has 0 fully saturated rings. The number of nitrogens with zero attached hydrogens (tertiary/aromatic N) is 9. The molecule has 0 spiro atoms. The van der Waals surface area contributed by atoms with Crippen molar-refractivity contribution in [1.82, 2.24) is 15.0 Å². The molecule has 4 heterocycles. The summed E-state index contributed by atoms with van der Waals surface area (Å²) >= 11 is 0. The lowest BCUT2D eigenvalue weighted by molar-refractivity contribution is -0.628. The number of pyridine rings is 3. The van der Waals surface area contributed by atoms with Gasteiger partial charge in [-0.15, -0.1) is 0 Å². The summed E-state index contributed by atoms with van der Waals surface area (Å²) < 4.78 is 5.68. The molecule has 9 nitrogen and oxygen atoms in total. The zero-order valence-electron chi connectivity index (χ0n) is 21.1. The van der Waals surface area contributed by atoms with E-state index in [0.717, 1.165) is 17.1 Å². The molecular formula is C24H30Cl3N9. The zero-order valence-corrected chi connectivity index (χ0v) is 23.4. The van der Waals surface area contributed by atoms with Crippen LogP contribution in [0.3, 0.4) is 0 Å². The number of hydrogen-bond acceptors (Lipinski definition) is 6. The van der Waals surface area contributed by atoms with E-state index in [4.69, 9.17) is 15.0 Å². The van der Waals surface area contributed by atoms with E-state index in [1.54, 1.807) is 0 Å². The van der Waals surface area contributed by atoms with E-state index in [9.17, 15) is 0 Å². The molecule has 4 aromatic heterocycles. The molecule has 0 aliphatic heterocycles. The monoisotopic (exact) mass is 549 g/mol. The standard InChI is InChI=1S/C24H30N9.3ClH/c1-28(2)19-7-13-31(14-8-19)22-25-23(32-15-9-20(10-16-32)29(3)4)27-24(26-22)33-17-11-21(12-18-33)30(5)6;;;/h7-18H,1-6H3;3*1H/q+3;;;/p-3. The summed E-state index contributed by atoms with van der Waals surface area (Å²) in [4.78, 5) is 20.4. The molecule has 12 heteroatoms. The van der Waals surface area contributed by atoms with Crippen LogP contribution in [-0.4, -0.2) is 57.2 Å². The van der Waals surface area contributed by atoms with Gasteiger partial charge in [-0.05, 0) is 36.4 Å². The number of halogens is 3. The van der Waals surface area contributed by atoms with E-state index in [0.29, 0.717) is 17.8 Å². The van der Waals surface area contributed by atoms with Gasteiger partial charge in [0, 0.05) is 74.3 Å². The maximum Gasteiger partial charge on any atom is 0.449 e. The van der Waals surface area contributed by atoms with Gasteiger partial charge in [-0.2, -0.15) is 0 Å². The minimum atomic E-state index is 0. The smallest absolute Gasteiger partial charge is 0.449 e. The third-order valence-electron chi connectivity index (χ3n) is 5.28. The van der Waals surface area contributed by atoms with Crippen LogP contribution in [0.15, 0.2) is 73.6 Å². The molecule has 192 valence electrons. The van der Waals surface area contributed by atoms with E-state index < -0.39 is 0 Å². The first kappa shape index (κ1) is 30.8. The minimum absolute atomic E-state index is 0. The van der Waals surface area contributed by atoms with E-state index >= 15 is 0 Å². The highest BCUT2D eigenvalue weighted by molar-refractivity contribution is 5.43. The van der Waals surface area contributed by atoms with Crippen LogP contribution in [0.25, 0.3) is 17.8 Å². The fourth-order valence-corrected chi connectivity index (χ4v) is 3.24. The van der Waals surface area contributed by atoms with Crippen molar-refractivity contribution in [3.05, 3.63) is 73.6 Å². The van der Waals surface area contributed by atoms with Crippen LogP contribution in [0.1, 0.15) is 0 Å². The summed E-state index contributed by atoms with van der Waals surface area (Å²) in [6, 6.07) is 12.2. The molecule has 0 saturated heterocycles. The Labute approximate surface area is 230 Å². The van der Waals surface area contributed by atoms with Crippen LogP contribution in [0.5, 0.6) is 0 Å². The Balaban J connectivity index is 0.00000216. The van der Waals surface area contributed by atoms with Gasteiger partial charge in [0.05, 0.1) is 37.2 Å². The molecule has 4 rings (SSSR count). The lowest BCUT2D eigenvalue weighted by atomic mass is 10.4. The highest BCUT2D eigenvalue weighted by Crippen LogP contribution is 2.10. The molecule has 36 heavy (non-hydrogen) atoms. The average molecular weight is 551 g/mol. The summed E-state index contributed by atoms with van der Waals surface area (Å²) in [7, 11) is 12.1. The second-order valence-corrected chi connectivity index (χ2v) is 8.31. The van der Waals surface area contributed by atoms with Crippen molar-refractivity contribution < 1.29 is 50.9 Å². The average Bonchev–Trinajstić information content (AvgIpc) is 2.84. The van der Waals surface area contributed by atoms with Crippen molar-refractivity contribution in [1.29, 1.82) is 0 Å². The highest BCUT2D eigenvalue weighted by Gasteiger charge is 2.26. The zero-order chi connectivity index (χ0) is 23.5. The van der Waals surface area contributed by atoms with Crippen LogP contribution in [0.4, 0.5) is 17.1 Å². The number of anilines is 3. The normalized spacial score (nSPS) is 9.83. The third-order valence-corrected chi connectivity index (χ3v) is 5.28. The SMILES string of the molecule is CN(C)c1cc[n+](-c2nc(-[n+]3ccc(N(C)C)cc3)nc(-[n+]3ccc(N(C)C)cc3)n2)cc1.[Cl-].[Cl-].[Cl-]. The molecule has 0 bridgehead atoms. The number of hydrogen-bond donors (Lipinski definition) is 0. The largest absolute Gasteiger partial charge is 1.00 e. The lowest BCUT2D eigenvalue weighted by Gasteiger charge is -2.12. The molecule has 0 N–H and O–H groups in total. The fourth-order valence-electron chi connectivity index (χ4n) is 3.24. The van der Waals surface area contributed by atoms with E-state index in [-0.39, 0.29) is 37.2 Å². The van der Waals surface area contributed by atoms with Gasteiger partial charge in [0.15, 0.2) is 0 Å². The Kier molecular flexibility index (Phi) is 11.2. The summed E-state index contributed by atoms with van der Waals surface area (Å²) in [6.07, 6.45) is 11.7. The maximum atomic E-state index is 4.75. The fraction of sp³-hybridized carbons (Fsp3) is 0.250. The van der Waals surface area contributed by atoms with Gasteiger partial charge >= 0.3 is 17.8 Å². The quantitative estimate of drug-likeness (QED) is 0.222. The topological polar surface area (TPSA) is 60.0 Å². The predicted molar refractivity (Wildman–Crippen MR) is 127 cm³/mol. The molecule has 4 aromatic rings. The summed E-state index contributed by atoms with van der Waals surface area (Å²) in [5, 5.41) is 0. The first-order valence-corrected chi connectivity index (χ1v) is 10.6.